The van der Waals surface area contributed by atoms with E-state index in [2.05, 4.69) is 20.3 Å². The van der Waals surface area contributed by atoms with Gasteiger partial charge in [0.05, 0.1) is 5.52 Å². The second-order valence-electron chi connectivity index (χ2n) is 4.93. The van der Waals surface area contributed by atoms with Crippen molar-refractivity contribution in [3.63, 3.8) is 0 Å². The molecule has 0 unspecified atom stereocenters. The van der Waals surface area contributed by atoms with Crippen LogP contribution < -0.4 is 5.32 Å². The number of nitrogens with one attached hydrogen (secondary N) is 1. The van der Waals surface area contributed by atoms with Crippen molar-refractivity contribution < 1.29 is 4.74 Å². The minimum Gasteiger partial charge on any atom is -0.385 e. The molecule has 0 saturated carbocycles. The van der Waals surface area contributed by atoms with Gasteiger partial charge in [0.1, 0.15) is 5.82 Å². The monoisotopic (exact) mass is 330 g/mol. The van der Waals surface area contributed by atoms with Gasteiger partial charge in [-0.05, 0) is 30.7 Å². The minimum atomic E-state index is 0. The minimum absolute atomic E-state index is 0. The number of methoxy groups -OCH3 is 1. The second-order valence-corrected chi connectivity index (χ2v) is 4.93. The van der Waals surface area contributed by atoms with Crippen LogP contribution in [0, 0.1) is 0 Å². The van der Waals surface area contributed by atoms with Crippen LogP contribution in [0.15, 0.2) is 48.8 Å². The van der Waals surface area contributed by atoms with Gasteiger partial charge >= 0.3 is 0 Å². The van der Waals surface area contributed by atoms with Gasteiger partial charge in [-0.3, -0.25) is 4.98 Å². The number of benzene rings is 1. The Morgan fingerprint density at radius 2 is 1.96 bits per heavy atom. The maximum atomic E-state index is 5.08. The summed E-state index contributed by atoms with van der Waals surface area (Å²) in [6, 6.07) is 11.9. The van der Waals surface area contributed by atoms with Crippen LogP contribution >= 0.6 is 12.4 Å². The summed E-state index contributed by atoms with van der Waals surface area (Å²) in [6.45, 7) is 1.53. The molecule has 3 aromatic rings. The van der Waals surface area contributed by atoms with Crippen molar-refractivity contribution in [1.29, 1.82) is 0 Å². The topological polar surface area (TPSA) is 59.9 Å². The summed E-state index contributed by atoms with van der Waals surface area (Å²) >= 11 is 0. The van der Waals surface area contributed by atoms with E-state index in [-0.39, 0.29) is 12.4 Å². The number of rotatable bonds is 6. The van der Waals surface area contributed by atoms with Gasteiger partial charge < -0.3 is 10.1 Å². The second kappa shape index (κ2) is 8.41. The number of pyridine rings is 1. The molecule has 0 aliphatic rings. The van der Waals surface area contributed by atoms with Crippen LogP contribution in [0.3, 0.4) is 0 Å². The average molecular weight is 331 g/mol. The third-order valence-corrected chi connectivity index (χ3v) is 3.34. The molecular weight excluding hydrogens is 312 g/mol. The van der Waals surface area contributed by atoms with Crippen molar-refractivity contribution in [1.82, 2.24) is 15.0 Å². The number of halogens is 1. The van der Waals surface area contributed by atoms with Crippen LogP contribution in [0.25, 0.3) is 22.3 Å². The van der Waals surface area contributed by atoms with Crippen LogP contribution in [0.1, 0.15) is 6.42 Å². The highest BCUT2D eigenvalue weighted by atomic mass is 35.5. The Morgan fingerprint density at radius 3 is 2.74 bits per heavy atom. The van der Waals surface area contributed by atoms with Crippen molar-refractivity contribution in [3.8, 4) is 11.4 Å². The zero-order valence-electron chi connectivity index (χ0n) is 12.9. The van der Waals surface area contributed by atoms with E-state index in [9.17, 15) is 0 Å². The lowest BCUT2D eigenvalue weighted by molar-refractivity contribution is 0.198. The first-order valence-corrected chi connectivity index (χ1v) is 7.28. The number of ether oxygens (including phenoxy) is 1. The molecule has 0 amide bonds. The Labute approximate surface area is 141 Å². The van der Waals surface area contributed by atoms with Gasteiger partial charge in [0.2, 0.25) is 0 Å². The largest absolute Gasteiger partial charge is 0.385 e. The molecule has 5 nitrogen and oxygen atoms in total. The summed E-state index contributed by atoms with van der Waals surface area (Å²) in [5.74, 6) is 1.53. The number of fused-ring (bicyclic) bond motifs is 1. The van der Waals surface area contributed by atoms with Crippen molar-refractivity contribution in [3.05, 3.63) is 48.8 Å². The number of para-hydroxylation sites is 1. The lowest BCUT2D eigenvalue weighted by atomic mass is 10.2. The Bertz CT molecular complexity index is 752. The SMILES string of the molecule is COCCCNc1nc(-c2cccnc2)nc2ccccc12.Cl. The van der Waals surface area contributed by atoms with Gasteiger partial charge in [-0.25, -0.2) is 9.97 Å². The fourth-order valence-corrected chi connectivity index (χ4v) is 2.26. The molecule has 0 bridgehead atoms. The van der Waals surface area contributed by atoms with E-state index in [1.54, 1.807) is 19.5 Å². The van der Waals surface area contributed by atoms with E-state index < -0.39 is 0 Å². The van der Waals surface area contributed by atoms with E-state index in [0.29, 0.717) is 5.82 Å². The van der Waals surface area contributed by atoms with Crippen molar-refractivity contribution >= 4 is 29.1 Å². The highest BCUT2D eigenvalue weighted by Crippen LogP contribution is 2.24. The molecule has 0 radical (unpaired) electrons. The smallest absolute Gasteiger partial charge is 0.163 e. The standard InChI is InChI=1S/C17H18N4O.ClH/c1-22-11-5-10-19-17-14-7-2-3-8-15(14)20-16(21-17)13-6-4-9-18-12-13;/h2-4,6-9,12H,5,10-11H2,1H3,(H,19,20,21);1H. The maximum absolute atomic E-state index is 5.08. The van der Waals surface area contributed by atoms with Gasteiger partial charge in [0.15, 0.2) is 5.82 Å². The Kier molecular flexibility index (Phi) is 6.26. The number of aromatic nitrogens is 3. The van der Waals surface area contributed by atoms with Gasteiger partial charge in [-0.15, -0.1) is 12.4 Å². The normalized spacial score (nSPS) is 10.3. The Hall–Kier alpha value is -2.24. The molecule has 0 saturated heterocycles. The third kappa shape index (κ3) is 4.15. The van der Waals surface area contributed by atoms with Crippen LogP contribution in [0.5, 0.6) is 0 Å². The lowest BCUT2D eigenvalue weighted by Crippen LogP contribution is -2.07. The first-order chi connectivity index (χ1) is 10.9. The molecule has 1 N–H and O–H groups in total. The van der Waals surface area contributed by atoms with Crippen molar-refractivity contribution in [2.45, 2.75) is 6.42 Å². The van der Waals surface area contributed by atoms with E-state index in [1.165, 1.54) is 0 Å². The zero-order chi connectivity index (χ0) is 15.2. The Morgan fingerprint density at radius 1 is 1.09 bits per heavy atom. The third-order valence-electron chi connectivity index (χ3n) is 3.34. The summed E-state index contributed by atoms with van der Waals surface area (Å²) < 4.78 is 5.08. The Balaban J connectivity index is 0.00000192. The van der Waals surface area contributed by atoms with Crippen molar-refractivity contribution in [2.75, 3.05) is 25.6 Å². The molecule has 0 fully saturated rings. The average Bonchev–Trinajstić information content (AvgIpc) is 2.59. The molecule has 0 spiro atoms. The van der Waals surface area contributed by atoms with E-state index in [0.717, 1.165) is 41.9 Å². The maximum Gasteiger partial charge on any atom is 0.163 e. The van der Waals surface area contributed by atoms with Gasteiger partial charge in [0.25, 0.3) is 0 Å². The molecule has 23 heavy (non-hydrogen) atoms. The predicted octanol–water partition coefficient (Wildman–Crippen LogP) is 3.56. The molecule has 0 aliphatic carbocycles. The van der Waals surface area contributed by atoms with Gasteiger partial charge in [-0.1, -0.05) is 12.1 Å². The van der Waals surface area contributed by atoms with Gasteiger partial charge in [-0.2, -0.15) is 0 Å². The fourth-order valence-electron chi connectivity index (χ4n) is 2.26. The van der Waals surface area contributed by atoms with Crippen LogP contribution in [0.2, 0.25) is 0 Å². The fraction of sp³-hybridized carbons (Fsp3) is 0.235. The first kappa shape index (κ1) is 17.1. The van der Waals surface area contributed by atoms with Crippen LogP contribution in [-0.4, -0.2) is 35.2 Å². The summed E-state index contributed by atoms with van der Waals surface area (Å²) in [7, 11) is 1.71. The number of nitrogens with zero attached hydrogens (tertiary/aromatic N) is 3. The van der Waals surface area contributed by atoms with Crippen LogP contribution in [0.4, 0.5) is 5.82 Å². The molecule has 0 atom stereocenters. The molecule has 6 heteroatoms. The molecule has 3 rings (SSSR count). The number of hydrogen-bond donors (Lipinski definition) is 1. The summed E-state index contributed by atoms with van der Waals surface area (Å²) in [6.07, 6.45) is 4.45. The highest BCUT2D eigenvalue weighted by molar-refractivity contribution is 5.90. The molecular formula is C17H19ClN4O. The molecule has 0 aliphatic heterocycles. The molecule has 120 valence electrons. The zero-order valence-corrected chi connectivity index (χ0v) is 13.7. The summed E-state index contributed by atoms with van der Waals surface area (Å²) in [5.41, 5.74) is 1.83. The number of hydrogen-bond acceptors (Lipinski definition) is 5. The number of anilines is 1. The predicted molar refractivity (Wildman–Crippen MR) is 95.0 cm³/mol. The van der Waals surface area contributed by atoms with E-state index in [1.807, 2.05) is 36.4 Å². The quantitative estimate of drug-likeness (QED) is 0.700. The van der Waals surface area contributed by atoms with Crippen LogP contribution in [-0.2, 0) is 4.74 Å². The molecule has 2 aromatic heterocycles. The molecule has 1 aromatic carbocycles. The summed E-state index contributed by atoms with van der Waals surface area (Å²) in [4.78, 5) is 13.4. The molecule has 2 heterocycles. The lowest BCUT2D eigenvalue weighted by Gasteiger charge is -2.10. The highest BCUT2D eigenvalue weighted by Gasteiger charge is 2.08. The van der Waals surface area contributed by atoms with E-state index in [4.69, 9.17) is 4.74 Å². The van der Waals surface area contributed by atoms with Gasteiger partial charge in [0, 0.05) is 43.6 Å². The summed E-state index contributed by atoms with van der Waals surface area (Å²) in [5, 5.41) is 4.40. The van der Waals surface area contributed by atoms with E-state index >= 15 is 0 Å². The van der Waals surface area contributed by atoms with Crippen molar-refractivity contribution in [2.24, 2.45) is 0 Å². The first-order valence-electron chi connectivity index (χ1n) is 7.28.